The molecule has 0 bridgehead atoms. The molecule has 1 rings (SSSR count). The highest BCUT2D eigenvalue weighted by Gasteiger charge is 2.24. The van der Waals surface area contributed by atoms with Gasteiger partial charge in [-0.2, -0.15) is 0 Å². The van der Waals surface area contributed by atoms with E-state index in [0.29, 0.717) is 5.56 Å². The smallest absolute Gasteiger partial charge is 0.318 e. The molecule has 0 spiro atoms. The number of rotatable bonds is 5. The van der Waals surface area contributed by atoms with Crippen molar-refractivity contribution in [1.29, 1.82) is 0 Å². The van der Waals surface area contributed by atoms with Crippen molar-refractivity contribution in [3.05, 3.63) is 35.9 Å². The average molecular weight is 249 g/mol. The van der Waals surface area contributed by atoms with Gasteiger partial charge in [-0.25, -0.2) is 0 Å². The molecule has 18 heavy (non-hydrogen) atoms. The van der Waals surface area contributed by atoms with Gasteiger partial charge in [0.2, 0.25) is 0 Å². The van der Waals surface area contributed by atoms with Gasteiger partial charge in [-0.3, -0.25) is 14.4 Å². The Labute approximate surface area is 105 Å². The van der Waals surface area contributed by atoms with Crippen molar-refractivity contribution in [2.75, 3.05) is 13.7 Å². The zero-order chi connectivity index (χ0) is 13.5. The van der Waals surface area contributed by atoms with Crippen LogP contribution in [0.3, 0.4) is 0 Å². The summed E-state index contributed by atoms with van der Waals surface area (Å²) in [4.78, 5) is 34.3. The highest BCUT2D eigenvalue weighted by molar-refractivity contribution is 5.99. The van der Waals surface area contributed by atoms with Crippen molar-refractivity contribution in [3.8, 4) is 0 Å². The molecule has 0 aliphatic rings. The van der Waals surface area contributed by atoms with Gasteiger partial charge in [0.25, 0.3) is 5.91 Å². The molecule has 1 N–H and O–H groups in total. The van der Waals surface area contributed by atoms with E-state index in [1.54, 1.807) is 30.3 Å². The number of methoxy groups -OCH3 is 1. The molecule has 0 fully saturated rings. The highest BCUT2D eigenvalue weighted by atomic mass is 16.5. The Morgan fingerprint density at radius 3 is 2.33 bits per heavy atom. The Hall–Kier alpha value is -2.17. The third-order valence-corrected chi connectivity index (χ3v) is 2.48. The maximum absolute atomic E-state index is 11.7. The number of amides is 1. The highest BCUT2D eigenvalue weighted by Crippen LogP contribution is 2.02. The second kappa shape index (κ2) is 6.54. The van der Waals surface area contributed by atoms with Crippen LogP contribution in [0.5, 0.6) is 0 Å². The first kappa shape index (κ1) is 13.9. The monoisotopic (exact) mass is 249 g/mol. The number of benzene rings is 1. The Morgan fingerprint density at radius 1 is 1.22 bits per heavy atom. The van der Waals surface area contributed by atoms with Crippen molar-refractivity contribution in [1.82, 2.24) is 5.32 Å². The summed E-state index contributed by atoms with van der Waals surface area (Å²) in [6.45, 7) is 1.23. The number of hydrogen-bond acceptors (Lipinski definition) is 4. The fraction of sp³-hybridized carbons (Fsp3) is 0.308. The minimum absolute atomic E-state index is 0.0598. The molecule has 96 valence electrons. The quantitative estimate of drug-likeness (QED) is 0.618. The second-order valence-corrected chi connectivity index (χ2v) is 3.76. The van der Waals surface area contributed by atoms with E-state index < -0.39 is 11.9 Å². The van der Waals surface area contributed by atoms with Gasteiger partial charge < -0.3 is 10.1 Å². The van der Waals surface area contributed by atoms with E-state index in [2.05, 4.69) is 10.1 Å². The first-order valence-electron chi connectivity index (χ1n) is 5.47. The molecule has 0 aliphatic carbocycles. The molecule has 1 atom stereocenters. The van der Waals surface area contributed by atoms with Gasteiger partial charge in [0.15, 0.2) is 0 Å². The predicted octanol–water partition coefficient (Wildman–Crippen LogP) is 0.795. The van der Waals surface area contributed by atoms with E-state index in [0.717, 1.165) is 0 Å². The van der Waals surface area contributed by atoms with Crippen LogP contribution in [0.4, 0.5) is 0 Å². The fourth-order valence-corrected chi connectivity index (χ4v) is 1.42. The van der Waals surface area contributed by atoms with Crippen LogP contribution in [0.15, 0.2) is 30.3 Å². The molecule has 0 aromatic heterocycles. The van der Waals surface area contributed by atoms with E-state index in [9.17, 15) is 14.4 Å². The van der Waals surface area contributed by atoms with Gasteiger partial charge in [0.05, 0.1) is 7.11 Å². The molecular formula is C13H15NO4. The van der Waals surface area contributed by atoms with E-state index in [-0.39, 0.29) is 18.2 Å². The molecule has 0 radical (unpaired) electrons. The molecule has 1 aromatic rings. The summed E-state index contributed by atoms with van der Waals surface area (Å²) in [6, 6.07) is 8.56. The van der Waals surface area contributed by atoms with Crippen LogP contribution in [-0.4, -0.2) is 31.3 Å². The molecule has 0 saturated heterocycles. The van der Waals surface area contributed by atoms with Gasteiger partial charge in [-0.1, -0.05) is 18.2 Å². The summed E-state index contributed by atoms with van der Waals surface area (Å²) in [6.07, 6.45) is 0. The number of carbonyl (C=O) groups excluding carboxylic acids is 3. The lowest BCUT2D eigenvalue weighted by atomic mass is 10.1. The van der Waals surface area contributed by atoms with Crippen molar-refractivity contribution in [2.45, 2.75) is 6.92 Å². The minimum Gasteiger partial charge on any atom is -0.468 e. The van der Waals surface area contributed by atoms with Crippen molar-refractivity contribution in [3.63, 3.8) is 0 Å². The van der Waals surface area contributed by atoms with Crippen LogP contribution in [-0.2, 0) is 14.3 Å². The molecule has 5 nitrogen and oxygen atoms in total. The van der Waals surface area contributed by atoms with E-state index in [1.165, 1.54) is 14.0 Å². The molecular weight excluding hydrogens is 234 g/mol. The van der Waals surface area contributed by atoms with Gasteiger partial charge in [-0.15, -0.1) is 0 Å². The number of ketones is 1. The summed E-state index contributed by atoms with van der Waals surface area (Å²) in [5, 5.41) is 2.54. The first-order chi connectivity index (χ1) is 8.56. The molecule has 5 heteroatoms. The van der Waals surface area contributed by atoms with Crippen LogP contribution in [0, 0.1) is 5.92 Å². The Morgan fingerprint density at radius 2 is 1.83 bits per heavy atom. The van der Waals surface area contributed by atoms with Gasteiger partial charge in [0, 0.05) is 12.1 Å². The predicted molar refractivity (Wildman–Crippen MR) is 65.0 cm³/mol. The lowest BCUT2D eigenvalue weighted by molar-refractivity contribution is -0.148. The lowest BCUT2D eigenvalue weighted by Crippen LogP contribution is -2.37. The summed E-state index contributed by atoms with van der Waals surface area (Å²) in [5.74, 6) is -2.26. The number of carbonyl (C=O) groups is 3. The Bertz CT molecular complexity index is 442. The van der Waals surface area contributed by atoms with Crippen molar-refractivity contribution >= 4 is 17.7 Å². The summed E-state index contributed by atoms with van der Waals surface area (Å²) < 4.78 is 4.50. The molecule has 0 unspecified atom stereocenters. The average Bonchev–Trinajstić information content (AvgIpc) is 2.39. The number of esters is 1. The molecule has 0 aliphatic heterocycles. The maximum Gasteiger partial charge on any atom is 0.318 e. The van der Waals surface area contributed by atoms with Gasteiger partial charge in [0.1, 0.15) is 11.7 Å². The van der Waals surface area contributed by atoms with Crippen LogP contribution in [0.1, 0.15) is 17.3 Å². The summed E-state index contributed by atoms with van der Waals surface area (Å²) >= 11 is 0. The van der Waals surface area contributed by atoms with Gasteiger partial charge in [-0.05, 0) is 19.1 Å². The standard InChI is InChI=1S/C13H15NO4/c1-9(15)11(13(17)18-2)8-14-12(16)10-6-4-3-5-7-10/h3-7,11H,8H2,1-2H3,(H,14,16)/t11-/m1/s1. The Kier molecular flexibility index (Phi) is 5.05. The Balaban J connectivity index is 2.61. The molecule has 0 heterocycles. The SMILES string of the molecule is COC(=O)[C@H](CNC(=O)c1ccccc1)C(C)=O. The van der Waals surface area contributed by atoms with E-state index >= 15 is 0 Å². The number of Topliss-reactive ketones (excluding diaryl/α,β-unsaturated/α-hetero) is 1. The van der Waals surface area contributed by atoms with Crippen LogP contribution < -0.4 is 5.32 Å². The molecule has 1 amide bonds. The first-order valence-corrected chi connectivity index (χ1v) is 5.47. The van der Waals surface area contributed by atoms with E-state index in [4.69, 9.17) is 0 Å². The van der Waals surface area contributed by atoms with E-state index in [1.807, 2.05) is 0 Å². The van der Waals surface area contributed by atoms with Crippen LogP contribution in [0.2, 0.25) is 0 Å². The zero-order valence-corrected chi connectivity index (χ0v) is 10.3. The number of hydrogen-bond donors (Lipinski definition) is 1. The normalized spacial score (nSPS) is 11.4. The maximum atomic E-state index is 11.7. The van der Waals surface area contributed by atoms with Gasteiger partial charge >= 0.3 is 5.97 Å². The summed E-state index contributed by atoms with van der Waals surface area (Å²) in [7, 11) is 1.21. The molecule has 1 aromatic carbocycles. The number of nitrogens with one attached hydrogen (secondary N) is 1. The third-order valence-electron chi connectivity index (χ3n) is 2.48. The van der Waals surface area contributed by atoms with Crippen molar-refractivity contribution < 1.29 is 19.1 Å². The summed E-state index contributed by atoms with van der Waals surface area (Å²) in [5.41, 5.74) is 0.477. The lowest BCUT2D eigenvalue weighted by Gasteiger charge is -2.12. The third kappa shape index (κ3) is 3.69. The minimum atomic E-state index is -0.956. The molecule has 0 saturated carbocycles. The second-order valence-electron chi connectivity index (χ2n) is 3.76. The largest absolute Gasteiger partial charge is 0.468 e. The van der Waals surface area contributed by atoms with Crippen LogP contribution in [0.25, 0.3) is 0 Å². The fourth-order valence-electron chi connectivity index (χ4n) is 1.42. The number of ether oxygens (including phenoxy) is 1. The van der Waals surface area contributed by atoms with Crippen LogP contribution >= 0.6 is 0 Å². The topological polar surface area (TPSA) is 72.5 Å². The van der Waals surface area contributed by atoms with Crippen molar-refractivity contribution in [2.24, 2.45) is 5.92 Å². The zero-order valence-electron chi connectivity index (χ0n) is 10.3.